The van der Waals surface area contributed by atoms with E-state index in [1.807, 2.05) is 50.2 Å². The fourth-order valence-corrected chi connectivity index (χ4v) is 8.88. The fourth-order valence-electron chi connectivity index (χ4n) is 6.97. The number of halogens is 3. The molecule has 2 atom stereocenters. The average molecular weight is 827 g/mol. The fraction of sp³-hybridized carbons (Fsp3) is 0.262. The second kappa shape index (κ2) is 17.1. The van der Waals surface area contributed by atoms with Gasteiger partial charge < -0.3 is 30.0 Å². The van der Waals surface area contributed by atoms with Gasteiger partial charge in [-0.25, -0.2) is 19.4 Å². The lowest BCUT2D eigenvalue weighted by Gasteiger charge is -2.26. The summed E-state index contributed by atoms with van der Waals surface area (Å²) in [6.45, 7) is 5.97. The smallest absolute Gasteiger partial charge is 0.200 e. The maximum atomic E-state index is 14.1. The van der Waals surface area contributed by atoms with Gasteiger partial charge in [0, 0.05) is 36.2 Å². The second-order valence-corrected chi connectivity index (χ2v) is 15.3. The number of thioether (sulfide) groups is 1. The van der Waals surface area contributed by atoms with Crippen molar-refractivity contribution in [2.75, 3.05) is 38.2 Å². The maximum absolute atomic E-state index is 14.1. The van der Waals surface area contributed by atoms with E-state index in [2.05, 4.69) is 20.3 Å². The number of nitrogens with two attached hydrogens (primary N) is 1. The molecule has 2 aromatic heterocycles. The number of hydrogen-bond acceptors (Lipinski definition) is 12. The summed E-state index contributed by atoms with van der Waals surface area (Å²) in [5.41, 5.74) is 12.8. The molecule has 6 heterocycles. The highest BCUT2D eigenvalue weighted by Crippen LogP contribution is 2.56. The van der Waals surface area contributed by atoms with Crippen molar-refractivity contribution in [2.24, 2.45) is 21.6 Å². The number of anilines is 1. The molecule has 11 nitrogen and oxygen atoms in total. The minimum absolute atomic E-state index is 0.190. The van der Waals surface area contributed by atoms with Crippen LogP contribution in [0.25, 0.3) is 22.0 Å². The molecule has 0 spiro atoms. The summed E-state index contributed by atoms with van der Waals surface area (Å²) >= 11 is 15.7. The zero-order valence-corrected chi connectivity index (χ0v) is 33.4. The molecule has 4 aliphatic rings. The Labute approximate surface area is 343 Å². The normalized spacial score (nSPS) is 17.5. The van der Waals surface area contributed by atoms with Gasteiger partial charge in [0.15, 0.2) is 17.5 Å². The van der Waals surface area contributed by atoms with Crippen molar-refractivity contribution in [3.63, 3.8) is 0 Å². The molecule has 2 unspecified atom stereocenters. The van der Waals surface area contributed by atoms with E-state index >= 15 is 0 Å². The molecule has 4 aliphatic heterocycles. The molecule has 0 saturated carbocycles. The van der Waals surface area contributed by atoms with E-state index in [9.17, 15) is 4.39 Å². The summed E-state index contributed by atoms with van der Waals surface area (Å²) in [5, 5.41) is 3.72. The minimum Gasteiger partial charge on any atom is -0.490 e. The van der Waals surface area contributed by atoms with E-state index in [-0.39, 0.29) is 43.5 Å². The summed E-state index contributed by atoms with van der Waals surface area (Å²) in [4.78, 5) is 24.0. The van der Waals surface area contributed by atoms with Crippen LogP contribution in [0.3, 0.4) is 0 Å². The number of nitrogens with one attached hydrogen (secondary N) is 1. The predicted molar refractivity (Wildman–Crippen MR) is 224 cm³/mol. The Morgan fingerprint density at radius 2 is 1.75 bits per heavy atom. The first-order valence-electron chi connectivity index (χ1n) is 18.4. The number of aromatic nitrogens is 3. The summed E-state index contributed by atoms with van der Waals surface area (Å²) < 4.78 is 39.4. The number of ether oxygens (including phenoxy) is 4. The third-order valence-corrected chi connectivity index (χ3v) is 12.0. The van der Waals surface area contributed by atoms with Crippen molar-refractivity contribution in [3.05, 3.63) is 122 Å². The quantitative estimate of drug-likeness (QED) is 0.157. The van der Waals surface area contributed by atoms with Crippen LogP contribution < -0.4 is 25.3 Å². The second-order valence-electron chi connectivity index (χ2n) is 13.4. The maximum Gasteiger partial charge on any atom is 0.200 e. The molecule has 0 amide bonds. The summed E-state index contributed by atoms with van der Waals surface area (Å²) in [6, 6.07) is 17.7. The van der Waals surface area contributed by atoms with Gasteiger partial charge in [0.25, 0.3) is 0 Å². The number of benzene rings is 3. The van der Waals surface area contributed by atoms with Gasteiger partial charge in [-0.3, -0.25) is 9.98 Å². The zero-order valence-electron chi connectivity index (χ0n) is 31.1. The Hall–Kier alpha value is -5.21. The first-order valence-corrected chi connectivity index (χ1v) is 20.0. The summed E-state index contributed by atoms with van der Waals surface area (Å²) in [7, 11) is 0. The van der Waals surface area contributed by atoms with Crippen LogP contribution >= 0.6 is 35.0 Å². The predicted octanol–water partition coefficient (Wildman–Crippen LogP) is 8.58. The highest BCUT2D eigenvalue weighted by molar-refractivity contribution is 8.09. The molecule has 3 N–H and O–H groups in total. The summed E-state index contributed by atoms with van der Waals surface area (Å²) in [6.07, 6.45) is 5.44. The number of pyridine rings is 1. The van der Waals surface area contributed by atoms with Gasteiger partial charge in [0.1, 0.15) is 54.5 Å². The third kappa shape index (κ3) is 8.15. The van der Waals surface area contributed by atoms with E-state index in [1.54, 1.807) is 36.3 Å². The first kappa shape index (κ1) is 38.7. The van der Waals surface area contributed by atoms with Crippen LogP contribution in [0, 0.1) is 25.6 Å². The molecule has 9 rings (SSSR count). The Morgan fingerprint density at radius 3 is 2.53 bits per heavy atom. The Balaban J connectivity index is 1.09. The highest BCUT2D eigenvalue weighted by atomic mass is 35.5. The van der Waals surface area contributed by atoms with Crippen molar-refractivity contribution >= 4 is 63.4 Å². The van der Waals surface area contributed by atoms with Gasteiger partial charge >= 0.3 is 0 Å². The van der Waals surface area contributed by atoms with Crippen molar-refractivity contribution in [3.8, 4) is 28.8 Å². The lowest BCUT2D eigenvalue weighted by Crippen LogP contribution is -2.29. The van der Waals surface area contributed by atoms with Crippen molar-refractivity contribution in [1.82, 2.24) is 15.0 Å². The molecular weight excluding hydrogens is 788 g/mol. The van der Waals surface area contributed by atoms with Gasteiger partial charge in [-0.05, 0) is 90.2 Å². The van der Waals surface area contributed by atoms with Crippen LogP contribution in [0.5, 0.6) is 17.2 Å². The number of hydrogen-bond donors (Lipinski definition) is 2. The highest BCUT2D eigenvalue weighted by Gasteiger charge is 2.44. The number of aliphatic imine (C=N–C) groups is 2. The molecule has 15 heteroatoms. The van der Waals surface area contributed by atoms with Crippen LogP contribution in [0.15, 0.2) is 83.0 Å². The van der Waals surface area contributed by atoms with Gasteiger partial charge in [-0.1, -0.05) is 47.1 Å². The van der Waals surface area contributed by atoms with E-state index < -0.39 is 0 Å². The van der Waals surface area contributed by atoms with Crippen LogP contribution in [-0.4, -0.2) is 65.5 Å². The van der Waals surface area contributed by atoms with E-state index in [4.69, 9.17) is 57.9 Å². The molecule has 0 radical (unpaired) electrons. The molecule has 0 aliphatic carbocycles. The zero-order chi connectivity index (χ0) is 39.5. The van der Waals surface area contributed by atoms with Crippen LogP contribution in [-0.2, 0) is 17.8 Å². The third-order valence-electron chi connectivity index (χ3n) is 9.73. The Morgan fingerprint density at radius 1 is 0.947 bits per heavy atom. The molecule has 0 saturated heterocycles. The number of fused-ring (bicyclic) bond motifs is 7. The van der Waals surface area contributed by atoms with Crippen LogP contribution in [0.2, 0.25) is 10.0 Å². The van der Waals surface area contributed by atoms with Crippen molar-refractivity contribution in [1.29, 1.82) is 0 Å². The molecule has 57 heavy (non-hydrogen) atoms. The molecule has 0 fully saturated rings. The van der Waals surface area contributed by atoms with Gasteiger partial charge in [0.05, 0.1) is 40.1 Å². The lowest BCUT2D eigenvalue weighted by atomic mass is 9.84. The molecule has 4 bridgehead atoms. The number of nitrogens with zero attached hydrogens (tertiary/aromatic N) is 5. The molecule has 292 valence electrons. The van der Waals surface area contributed by atoms with Crippen LogP contribution in [0.1, 0.15) is 33.5 Å². The van der Waals surface area contributed by atoms with Gasteiger partial charge in [-0.2, -0.15) is 0 Å². The monoisotopic (exact) mass is 825 g/mol. The molecular formula is C42H38Cl2FN7O4S. The van der Waals surface area contributed by atoms with Crippen molar-refractivity contribution in [2.45, 2.75) is 32.2 Å². The first-order chi connectivity index (χ1) is 27.8. The minimum atomic E-state index is -0.378. The van der Waals surface area contributed by atoms with E-state index in [0.717, 1.165) is 44.0 Å². The van der Waals surface area contributed by atoms with E-state index in [1.165, 1.54) is 18.5 Å². The topological polar surface area (TPSA) is 138 Å². The SMILES string of the molecule is Cc1c(Cl)c2c(Cl)c(C)c1C1=C(c3ccc(F)cc3)SC3N=CN=C(OCCc4cc(ccc4OCc4ccnc(-c5ccc(NCCN)cn5)n4)OCCO2)C13. The van der Waals surface area contributed by atoms with Crippen LogP contribution in [0.4, 0.5) is 10.1 Å². The largest absolute Gasteiger partial charge is 0.490 e. The molecule has 3 aromatic carbocycles. The Bertz CT molecular complexity index is 2370. The average Bonchev–Trinajstić information content (AvgIpc) is 3.62. The molecule has 5 aromatic rings. The standard InChI is InChI=1S/C42H38Cl2FN7O4S/c1-23-33-24(2)37(44)38(36(23)43)54-18-17-53-30-8-10-32(56-21-29-11-14-48-40(52-29)31-9-7-28(20-49-31)47-15-13-46)26(19-30)12-16-55-41-35-34(33)39(57-42(35)51-22-50-41)25-3-5-27(45)6-4-25/h3-11,14,19-20,22,35,42,47H,12-13,15-18,21,46H2,1-2H3. The number of rotatable bonds is 8. The van der Waals surface area contributed by atoms with Gasteiger partial charge in [0.2, 0.25) is 0 Å². The van der Waals surface area contributed by atoms with E-state index in [0.29, 0.717) is 69.9 Å². The van der Waals surface area contributed by atoms with Crippen molar-refractivity contribution < 1.29 is 23.3 Å². The lowest BCUT2D eigenvalue weighted by molar-refractivity contribution is 0.216. The Kier molecular flexibility index (Phi) is 11.6. The van der Waals surface area contributed by atoms with Gasteiger partial charge in [-0.15, -0.1) is 0 Å². The summed E-state index contributed by atoms with van der Waals surface area (Å²) in [5.74, 6) is 1.96.